The lowest BCUT2D eigenvalue weighted by atomic mass is 9.89. The van der Waals surface area contributed by atoms with Crippen molar-refractivity contribution in [3.63, 3.8) is 0 Å². The number of unbranched alkanes of at least 4 members (excludes halogenated alkanes) is 8. The van der Waals surface area contributed by atoms with Gasteiger partial charge in [-0.15, -0.1) is 0 Å². The van der Waals surface area contributed by atoms with E-state index in [2.05, 4.69) is 27.7 Å². The third-order valence-electron chi connectivity index (χ3n) is 8.25. The highest BCUT2D eigenvalue weighted by Gasteiger charge is 2.28. The van der Waals surface area contributed by atoms with E-state index < -0.39 is 7.82 Å². The van der Waals surface area contributed by atoms with Crippen LogP contribution in [0.1, 0.15) is 142 Å². The molecule has 0 heterocycles. The summed E-state index contributed by atoms with van der Waals surface area (Å²) in [5.41, 5.74) is 1.98. The predicted molar refractivity (Wildman–Crippen MR) is 175 cm³/mol. The van der Waals surface area contributed by atoms with Crippen molar-refractivity contribution in [2.75, 3.05) is 0 Å². The maximum atomic E-state index is 13.4. The van der Waals surface area contributed by atoms with Crippen LogP contribution in [0.3, 0.4) is 0 Å². The molecule has 0 fully saturated rings. The van der Waals surface area contributed by atoms with Crippen LogP contribution in [-0.2, 0) is 17.4 Å². The zero-order chi connectivity index (χ0) is 29.8. The van der Waals surface area contributed by atoms with Crippen molar-refractivity contribution in [2.24, 2.45) is 11.8 Å². The van der Waals surface area contributed by atoms with Crippen LogP contribution in [0.25, 0.3) is 0 Å². The van der Waals surface area contributed by atoms with Gasteiger partial charge in [-0.25, -0.2) is 4.57 Å². The molecule has 0 radical (unpaired) electrons. The van der Waals surface area contributed by atoms with Gasteiger partial charge in [0, 0.05) is 0 Å². The summed E-state index contributed by atoms with van der Waals surface area (Å²) in [5, 5.41) is 0. The zero-order valence-corrected chi connectivity index (χ0v) is 27.5. The van der Waals surface area contributed by atoms with E-state index in [1.165, 1.54) is 103 Å². The van der Waals surface area contributed by atoms with Gasteiger partial charge in [0.1, 0.15) is 11.5 Å². The van der Waals surface area contributed by atoms with Gasteiger partial charge in [0.05, 0.1) is 0 Å². The largest absolute Gasteiger partial charge is 0.584 e. The van der Waals surface area contributed by atoms with Gasteiger partial charge in [0.15, 0.2) is 0 Å². The summed E-state index contributed by atoms with van der Waals surface area (Å²) in [4.78, 5) is 10.9. The maximum Gasteiger partial charge on any atom is 0.584 e. The second kappa shape index (κ2) is 21.0. The van der Waals surface area contributed by atoms with E-state index in [1.807, 2.05) is 36.4 Å². The minimum absolute atomic E-state index is 0.461. The average molecular weight is 587 g/mol. The Kier molecular flexibility index (Phi) is 18.1. The molecule has 41 heavy (non-hydrogen) atoms. The third kappa shape index (κ3) is 14.8. The Morgan fingerprint density at radius 2 is 0.927 bits per heavy atom. The summed E-state index contributed by atoms with van der Waals surface area (Å²) in [5.74, 6) is 2.02. The molecule has 1 N–H and O–H groups in total. The van der Waals surface area contributed by atoms with Crippen LogP contribution < -0.4 is 9.05 Å². The van der Waals surface area contributed by atoms with E-state index >= 15 is 0 Å². The highest BCUT2D eigenvalue weighted by molar-refractivity contribution is 7.48. The monoisotopic (exact) mass is 586 g/mol. The van der Waals surface area contributed by atoms with Crippen LogP contribution in [0.5, 0.6) is 11.5 Å². The van der Waals surface area contributed by atoms with Crippen LogP contribution in [-0.4, -0.2) is 4.89 Å². The summed E-state index contributed by atoms with van der Waals surface area (Å²) in [6.45, 7) is 8.96. The Morgan fingerprint density at radius 1 is 0.561 bits per heavy atom. The Morgan fingerprint density at radius 3 is 1.32 bits per heavy atom. The fourth-order valence-corrected chi connectivity index (χ4v) is 6.70. The lowest BCUT2D eigenvalue weighted by molar-refractivity contribution is 0.287. The molecule has 2 aromatic rings. The van der Waals surface area contributed by atoms with Gasteiger partial charge < -0.3 is 9.05 Å². The number of hydrogen-bond acceptors (Lipinski definition) is 3. The molecule has 0 saturated heterocycles. The number of rotatable bonds is 24. The van der Waals surface area contributed by atoms with Crippen LogP contribution in [0.15, 0.2) is 48.5 Å². The second-order valence-electron chi connectivity index (χ2n) is 12.0. The number of hydrogen-bond donors (Lipinski definition) is 1. The molecule has 2 aromatic carbocycles. The minimum atomic E-state index is -4.38. The van der Waals surface area contributed by atoms with Gasteiger partial charge in [-0.3, -0.25) is 4.89 Å². The van der Waals surface area contributed by atoms with E-state index in [1.54, 1.807) is 12.1 Å². The van der Waals surface area contributed by atoms with Gasteiger partial charge in [-0.1, -0.05) is 167 Å². The van der Waals surface area contributed by atoms with Crippen molar-refractivity contribution in [3.8, 4) is 11.5 Å². The van der Waals surface area contributed by atoms with Crippen LogP contribution >= 0.6 is 7.82 Å². The summed E-state index contributed by atoms with van der Waals surface area (Å²) in [6, 6.07) is 15.4. The molecular formula is C36H59O4P. The molecule has 4 nitrogen and oxygen atoms in total. The van der Waals surface area contributed by atoms with Gasteiger partial charge in [-0.2, -0.15) is 0 Å². The molecule has 232 valence electrons. The number of phosphoric ester groups is 1. The lowest BCUT2D eigenvalue weighted by Crippen LogP contribution is -2.09. The zero-order valence-electron chi connectivity index (χ0n) is 26.6. The first-order valence-corrected chi connectivity index (χ1v) is 18.3. The highest BCUT2D eigenvalue weighted by Crippen LogP contribution is 2.47. The molecule has 0 spiro atoms. The topological polar surface area (TPSA) is 55.8 Å². The van der Waals surface area contributed by atoms with Crippen molar-refractivity contribution in [1.29, 1.82) is 0 Å². The molecule has 0 aliphatic carbocycles. The number of para-hydroxylation sites is 2. The first kappa shape index (κ1) is 35.4. The first-order chi connectivity index (χ1) is 19.9. The van der Waals surface area contributed by atoms with Crippen LogP contribution in [0.2, 0.25) is 0 Å². The Bertz CT molecular complexity index is 916. The van der Waals surface area contributed by atoms with Crippen molar-refractivity contribution < 1.29 is 18.5 Å². The highest BCUT2D eigenvalue weighted by atomic mass is 31.2. The Hall–Kier alpha value is -1.77. The van der Waals surface area contributed by atoms with Gasteiger partial charge in [-0.05, 0) is 47.9 Å². The summed E-state index contributed by atoms with van der Waals surface area (Å²) in [7, 11) is -4.38. The van der Waals surface area contributed by atoms with Crippen molar-refractivity contribution in [3.05, 3.63) is 59.7 Å². The summed E-state index contributed by atoms with van der Waals surface area (Å²) in [6.07, 6.45) is 21.3. The Balaban J connectivity index is 2.12. The van der Waals surface area contributed by atoms with E-state index in [-0.39, 0.29) is 0 Å². The molecule has 2 rings (SSSR count). The number of phosphoric acid groups is 1. The quantitative estimate of drug-likeness (QED) is 0.0982. The van der Waals surface area contributed by atoms with E-state index in [0.29, 0.717) is 23.3 Å². The van der Waals surface area contributed by atoms with Gasteiger partial charge in [0.25, 0.3) is 0 Å². The standard InChI is InChI=1S/C36H59O4P/c1-5-9-13-15-23-31(21-11-7-3)29-33-25-17-19-27-35(33)39-41(37,38)40-36-28-20-18-26-34(36)30-32(22-12-8-4)24-16-14-10-6-2/h17-20,25-28,31-32H,5-16,21-24,29-30H2,1-4H3,(H,37,38). The van der Waals surface area contributed by atoms with Crippen molar-refractivity contribution in [1.82, 2.24) is 0 Å². The van der Waals surface area contributed by atoms with Crippen LogP contribution in [0, 0.1) is 11.8 Å². The molecule has 0 amide bonds. The van der Waals surface area contributed by atoms with Crippen molar-refractivity contribution >= 4 is 7.82 Å². The second-order valence-corrected chi connectivity index (χ2v) is 13.3. The summed E-state index contributed by atoms with van der Waals surface area (Å²) >= 11 is 0. The first-order valence-electron chi connectivity index (χ1n) is 16.8. The molecule has 2 unspecified atom stereocenters. The fraction of sp³-hybridized carbons (Fsp3) is 0.667. The van der Waals surface area contributed by atoms with E-state index in [0.717, 1.165) is 24.0 Å². The molecular weight excluding hydrogens is 527 g/mol. The molecule has 0 aliphatic rings. The molecule has 2 atom stereocenters. The molecule has 0 aliphatic heterocycles. The lowest BCUT2D eigenvalue weighted by Gasteiger charge is -2.22. The third-order valence-corrected chi connectivity index (χ3v) is 9.11. The number of benzene rings is 2. The minimum Gasteiger partial charge on any atom is -0.395 e. The van der Waals surface area contributed by atoms with E-state index in [4.69, 9.17) is 9.05 Å². The molecule has 5 heteroatoms. The van der Waals surface area contributed by atoms with Crippen molar-refractivity contribution in [2.45, 2.75) is 143 Å². The Labute approximate surface area is 252 Å². The molecule has 0 bridgehead atoms. The SMILES string of the molecule is CCCCCCC(CCCC)Cc1ccccc1OP(=O)(O)Oc1ccccc1CC(CCCC)CCCCCC. The van der Waals surface area contributed by atoms with Gasteiger partial charge >= 0.3 is 7.82 Å². The smallest absolute Gasteiger partial charge is 0.395 e. The van der Waals surface area contributed by atoms with Crippen LogP contribution in [0.4, 0.5) is 0 Å². The maximum absolute atomic E-state index is 13.4. The fourth-order valence-electron chi connectivity index (χ4n) is 5.81. The van der Waals surface area contributed by atoms with Gasteiger partial charge in [0.2, 0.25) is 0 Å². The molecule has 0 aromatic heterocycles. The summed E-state index contributed by atoms with van der Waals surface area (Å²) < 4.78 is 25.0. The normalized spacial score (nSPS) is 14.4. The average Bonchev–Trinajstić information content (AvgIpc) is 2.96. The molecule has 0 saturated carbocycles. The van der Waals surface area contributed by atoms with E-state index in [9.17, 15) is 9.46 Å². The predicted octanol–water partition coefficient (Wildman–Crippen LogP) is 11.9.